The molecule has 218 valence electrons. The zero-order chi connectivity index (χ0) is 30.0. The predicted octanol–water partition coefficient (Wildman–Crippen LogP) is 9.81. The van der Waals surface area contributed by atoms with E-state index in [1.807, 2.05) is 19.9 Å². The lowest BCUT2D eigenvalue weighted by atomic mass is 9.75. The summed E-state index contributed by atoms with van der Waals surface area (Å²) in [6.07, 6.45) is 0. The van der Waals surface area contributed by atoms with Gasteiger partial charge in [0.1, 0.15) is 11.5 Å². The zero-order valence-electron chi connectivity index (χ0n) is 26.8. The van der Waals surface area contributed by atoms with Crippen molar-refractivity contribution in [2.45, 2.75) is 119 Å². The molecule has 0 aromatic heterocycles. The molecular weight excluding hydrogens is 507 g/mol. The van der Waals surface area contributed by atoms with Crippen LogP contribution in [0.1, 0.15) is 119 Å². The summed E-state index contributed by atoms with van der Waals surface area (Å²) < 4.78 is 31.7. The highest BCUT2D eigenvalue weighted by Crippen LogP contribution is 2.58. The number of hydrogen-bond donors (Lipinski definition) is 1. The highest BCUT2D eigenvalue weighted by molar-refractivity contribution is 7.49. The van der Waals surface area contributed by atoms with Crippen molar-refractivity contribution in [2.24, 2.45) is 5.41 Å². The molecule has 0 unspecified atom stereocenters. The number of benzene rings is 2. The van der Waals surface area contributed by atoms with Crippen LogP contribution in [0.3, 0.4) is 0 Å². The molecule has 3 rings (SSSR count). The fourth-order valence-electron chi connectivity index (χ4n) is 4.51. The van der Waals surface area contributed by atoms with Crippen molar-refractivity contribution in [1.29, 1.82) is 0 Å². The van der Waals surface area contributed by atoms with Gasteiger partial charge in [-0.2, -0.15) is 0 Å². The van der Waals surface area contributed by atoms with Gasteiger partial charge < -0.3 is 9.63 Å². The van der Waals surface area contributed by atoms with Crippen molar-refractivity contribution in [2.75, 3.05) is 13.2 Å². The maximum absolute atomic E-state index is 13.8. The van der Waals surface area contributed by atoms with Gasteiger partial charge in [-0.25, -0.2) is 4.57 Å². The van der Waals surface area contributed by atoms with E-state index < -0.39 is 7.82 Å². The maximum Gasteiger partial charge on any atom is 0.530 e. The first-order valence-electron chi connectivity index (χ1n) is 14.0. The van der Waals surface area contributed by atoms with Gasteiger partial charge in [-0.15, -0.1) is 0 Å². The topological polar surface area (TPSA) is 65.0 Å². The summed E-state index contributed by atoms with van der Waals surface area (Å²) in [5.41, 5.74) is 4.02. The van der Waals surface area contributed by atoms with Crippen LogP contribution in [0.5, 0.6) is 11.5 Å². The molecule has 6 heteroatoms. The van der Waals surface area contributed by atoms with E-state index in [-0.39, 0.29) is 46.0 Å². The van der Waals surface area contributed by atoms with Crippen LogP contribution in [-0.4, -0.2) is 18.3 Å². The van der Waals surface area contributed by atoms with Crippen molar-refractivity contribution < 1.29 is 23.2 Å². The summed E-state index contributed by atoms with van der Waals surface area (Å²) in [6, 6.07) is 8.36. The quantitative estimate of drug-likeness (QED) is 0.380. The number of phenols is 1. The SMILES string of the molecule is CC1(C)COP(=O)(Oc2c(-c3cc(C(C)(C)C)cc(C(C)(C)C)c3O)cc(C(C)(C)C)cc2C(C)(C)C)OC1. The van der Waals surface area contributed by atoms with Gasteiger partial charge >= 0.3 is 7.82 Å². The van der Waals surface area contributed by atoms with Crippen LogP contribution >= 0.6 is 7.82 Å². The Kier molecular flexibility index (Phi) is 8.07. The van der Waals surface area contributed by atoms with Crippen molar-refractivity contribution in [1.82, 2.24) is 0 Å². The monoisotopic (exact) mass is 558 g/mol. The molecule has 0 aliphatic carbocycles. The lowest BCUT2D eigenvalue weighted by Crippen LogP contribution is -2.30. The number of rotatable bonds is 3. The molecule has 0 bridgehead atoms. The van der Waals surface area contributed by atoms with Crippen LogP contribution in [0.4, 0.5) is 0 Å². The molecule has 1 saturated heterocycles. The van der Waals surface area contributed by atoms with E-state index in [9.17, 15) is 9.67 Å². The predicted molar refractivity (Wildman–Crippen MR) is 162 cm³/mol. The Morgan fingerprint density at radius 1 is 0.692 bits per heavy atom. The number of phenolic OH excluding ortho intramolecular Hbond substituents is 1. The summed E-state index contributed by atoms with van der Waals surface area (Å²) in [6.45, 7) is 30.2. The lowest BCUT2D eigenvalue weighted by molar-refractivity contribution is 0.0180. The molecule has 0 amide bonds. The van der Waals surface area contributed by atoms with Crippen LogP contribution in [-0.2, 0) is 35.3 Å². The third-order valence-corrected chi connectivity index (χ3v) is 8.56. The fourth-order valence-corrected chi connectivity index (χ4v) is 6.13. The first-order valence-corrected chi connectivity index (χ1v) is 15.5. The van der Waals surface area contributed by atoms with Gasteiger partial charge in [0.2, 0.25) is 0 Å². The van der Waals surface area contributed by atoms with Crippen molar-refractivity contribution in [3.8, 4) is 22.6 Å². The third kappa shape index (κ3) is 7.10. The van der Waals surface area contributed by atoms with E-state index >= 15 is 0 Å². The van der Waals surface area contributed by atoms with E-state index in [2.05, 4.69) is 101 Å². The molecule has 39 heavy (non-hydrogen) atoms. The summed E-state index contributed by atoms with van der Waals surface area (Å²) >= 11 is 0. The Hall–Kier alpha value is -1.81. The molecule has 0 atom stereocenters. The second kappa shape index (κ2) is 9.93. The summed E-state index contributed by atoms with van der Waals surface area (Å²) in [5.74, 6) is 0.635. The van der Waals surface area contributed by atoms with Gasteiger partial charge in [-0.05, 0) is 44.9 Å². The number of hydrogen-bond acceptors (Lipinski definition) is 5. The molecule has 5 nitrogen and oxygen atoms in total. The average molecular weight is 559 g/mol. The second-order valence-corrected chi connectivity index (χ2v) is 17.7. The summed E-state index contributed by atoms with van der Waals surface area (Å²) in [7, 11) is -3.90. The normalized spacial score (nSPS) is 18.2. The van der Waals surface area contributed by atoms with E-state index in [1.54, 1.807) is 0 Å². The molecule has 2 aromatic carbocycles. The number of phosphoric acid groups is 1. The van der Waals surface area contributed by atoms with Crippen molar-refractivity contribution >= 4 is 7.82 Å². The van der Waals surface area contributed by atoms with Crippen LogP contribution in [0.15, 0.2) is 24.3 Å². The highest BCUT2D eigenvalue weighted by Gasteiger charge is 2.42. The van der Waals surface area contributed by atoms with Gasteiger partial charge in [-0.3, -0.25) is 9.05 Å². The molecule has 1 heterocycles. The fraction of sp³-hybridized carbons (Fsp3) is 0.636. The first kappa shape index (κ1) is 31.7. The standard InChI is InChI=1S/C33H51O5P/c1-29(2,3)21-15-23(27(34)25(17-21)31(7,8)9)24-16-22(30(4,5)6)18-26(32(10,11)12)28(24)38-39(35)36-19-33(13,14)20-37-39/h15-18,34H,19-20H2,1-14H3. The van der Waals surface area contributed by atoms with Crippen molar-refractivity contribution in [3.05, 3.63) is 46.5 Å². The minimum Gasteiger partial charge on any atom is -0.507 e. The second-order valence-electron chi connectivity index (χ2n) is 16.1. The highest BCUT2D eigenvalue weighted by atomic mass is 31.2. The van der Waals surface area contributed by atoms with E-state index in [4.69, 9.17) is 13.6 Å². The van der Waals surface area contributed by atoms with Crippen LogP contribution < -0.4 is 4.52 Å². The molecule has 0 saturated carbocycles. The minimum absolute atomic E-state index is 0.161. The van der Waals surface area contributed by atoms with E-state index in [0.29, 0.717) is 16.9 Å². The first-order chi connectivity index (χ1) is 17.3. The number of phosphoric ester groups is 1. The van der Waals surface area contributed by atoms with E-state index in [1.165, 1.54) is 0 Å². The Morgan fingerprint density at radius 2 is 1.10 bits per heavy atom. The zero-order valence-corrected chi connectivity index (χ0v) is 27.6. The Labute approximate surface area is 237 Å². The van der Waals surface area contributed by atoms with Gasteiger partial charge in [0.15, 0.2) is 0 Å². The van der Waals surface area contributed by atoms with E-state index in [0.717, 1.165) is 22.3 Å². The smallest absolute Gasteiger partial charge is 0.507 e. The summed E-state index contributed by atoms with van der Waals surface area (Å²) in [5, 5.41) is 11.8. The Bertz CT molecular complexity index is 1260. The summed E-state index contributed by atoms with van der Waals surface area (Å²) in [4.78, 5) is 0. The molecule has 1 N–H and O–H groups in total. The van der Waals surface area contributed by atoms with Gasteiger partial charge in [0.05, 0.1) is 13.2 Å². The van der Waals surface area contributed by atoms with Crippen LogP contribution in [0, 0.1) is 5.41 Å². The average Bonchev–Trinajstić information content (AvgIpc) is 2.73. The van der Waals surface area contributed by atoms with Crippen molar-refractivity contribution in [3.63, 3.8) is 0 Å². The Balaban J connectivity index is 2.45. The molecule has 1 aliphatic rings. The van der Waals surface area contributed by atoms with Gasteiger partial charge in [0, 0.05) is 27.7 Å². The lowest BCUT2D eigenvalue weighted by Gasteiger charge is -2.35. The largest absolute Gasteiger partial charge is 0.530 e. The molecule has 1 fully saturated rings. The maximum atomic E-state index is 13.8. The minimum atomic E-state index is -3.90. The molecule has 0 radical (unpaired) electrons. The third-order valence-electron chi connectivity index (χ3n) is 7.27. The molecular formula is C33H51O5P. The van der Waals surface area contributed by atoms with Crippen LogP contribution in [0.2, 0.25) is 0 Å². The number of aromatic hydroxyl groups is 1. The molecule has 0 spiro atoms. The van der Waals surface area contributed by atoms with Gasteiger partial charge in [-0.1, -0.05) is 109 Å². The molecule has 1 aliphatic heterocycles. The molecule has 2 aromatic rings. The van der Waals surface area contributed by atoms with Crippen LogP contribution in [0.25, 0.3) is 11.1 Å². The van der Waals surface area contributed by atoms with Gasteiger partial charge in [0.25, 0.3) is 0 Å². The Morgan fingerprint density at radius 3 is 1.51 bits per heavy atom.